The molecule has 0 saturated carbocycles. The van der Waals surface area contributed by atoms with Crippen LogP contribution in [0.1, 0.15) is 31.0 Å². The van der Waals surface area contributed by atoms with Crippen molar-refractivity contribution >= 4 is 32.0 Å². The fourth-order valence-electron chi connectivity index (χ4n) is 5.26. The van der Waals surface area contributed by atoms with Crippen molar-refractivity contribution in [3.63, 3.8) is 0 Å². The van der Waals surface area contributed by atoms with Gasteiger partial charge in [-0.1, -0.05) is 6.07 Å². The fraction of sp³-hybridized carbons (Fsp3) is 0.481. The molecule has 13 heteroatoms. The first-order valence-corrected chi connectivity index (χ1v) is 15.4. The Morgan fingerprint density at radius 1 is 1.18 bits per heavy atom. The van der Waals surface area contributed by atoms with Gasteiger partial charge in [-0.2, -0.15) is 4.98 Å². The molecule has 1 aliphatic heterocycles. The maximum atomic E-state index is 13.0. The summed E-state index contributed by atoms with van der Waals surface area (Å²) in [6.07, 6.45) is 6.30. The Bertz CT molecular complexity index is 1620. The summed E-state index contributed by atoms with van der Waals surface area (Å²) in [4.78, 5) is 20.4. The number of ether oxygens (including phenoxy) is 1. The minimum absolute atomic E-state index is 0.0300. The first-order chi connectivity index (χ1) is 19.4. The van der Waals surface area contributed by atoms with E-state index in [9.17, 15) is 13.2 Å². The number of hydroxylamine groups is 1. The predicted octanol–water partition coefficient (Wildman–Crippen LogP) is 1.44. The Hall–Kier alpha value is -3.07. The molecule has 1 fully saturated rings. The molecule has 0 unspecified atom stereocenters. The van der Waals surface area contributed by atoms with Crippen molar-refractivity contribution < 1.29 is 18.4 Å². The second kappa shape index (κ2) is 12.6. The predicted molar refractivity (Wildman–Crippen MR) is 154 cm³/mol. The molecular formula is C27H37N7O5S. The van der Waals surface area contributed by atoms with E-state index in [2.05, 4.69) is 36.3 Å². The number of sulfonamides is 1. The lowest BCUT2D eigenvalue weighted by molar-refractivity contribution is 0.140. The van der Waals surface area contributed by atoms with E-state index in [1.54, 1.807) is 6.20 Å². The second-order valence-corrected chi connectivity index (χ2v) is 12.0. The van der Waals surface area contributed by atoms with Crippen molar-refractivity contribution in [2.75, 3.05) is 38.6 Å². The Morgan fingerprint density at radius 3 is 2.77 bits per heavy atom. The van der Waals surface area contributed by atoms with E-state index in [0.717, 1.165) is 47.8 Å². The third-order valence-corrected chi connectivity index (χ3v) is 8.74. The molecule has 0 bridgehead atoms. The Balaban J connectivity index is 1.38. The minimum Gasteiger partial charge on any atom is -0.380 e. The first kappa shape index (κ1) is 28.5. The number of hydrogen-bond donors (Lipinski definition) is 5. The van der Waals surface area contributed by atoms with Gasteiger partial charge in [-0.15, -0.1) is 0 Å². The van der Waals surface area contributed by atoms with Crippen LogP contribution in [0.3, 0.4) is 0 Å². The zero-order valence-electron chi connectivity index (χ0n) is 22.6. The number of nitrogens with zero attached hydrogens (tertiary/aromatic N) is 3. The van der Waals surface area contributed by atoms with Crippen molar-refractivity contribution in [1.82, 2.24) is 34.6 Å². The molecule has 40 heavy (non-hydrogen) atoms. The SMILES string of the molecule is CCOCCn1cc(CCNO)c2ccc(-n3cc4cc(CCS(=O)(=O)NC5CCNCC5)[nH]c4nc3=O)cc21. The van der Waals surface area contributed by atoms with Crippen LogP contribution in [0, 0.1) is 0 Å². The lowest BCUT2D eigenvalue weighted by Crippen LogP contribution is -2.43. The Labute approximate surface area is 232 Å². The molecule has 0 atom stereocenters. The zero-order chi connectivity index (χ0) is 28.1. The van der Waals surface area contributed by atoms with Crippen LogP contribution in [-0.2, 0) is 34.1 Å². The molecule has 5 N–H and O–H groups in total. The number of aromatic amines is 1. The first-order valence-electron chi connectivity index (χ1n) is 13.8. The topological polar surface area (TPSA) is 155 Å². The number of H-pyrrole nitrogens is 1. The van der Waals surface area contributed by atoms with E-state index < -0.39 is 15.7 Å². The highest BCUT2D eigenvalue weighted by molar-refractivity contribution is 7.89. The molecule has 1 aromatic carbocycles. The van der Waals surface area contributed by atoms with Crippen molar-refractivity contribution in [2.24, 2.45) is 0 Å². The van der Waals surface area contributed by atoms with Gasteiger partial charge in [-0.25, -0.2) is 23.4 Å². The summed E-state index contributed by atoms with van der Waals surface area (Å²) in [5, 5.41) is 14.1. The number of aromatic nitrogens is 4. The highest BCUT2D eigenvalue weighted by Gasteiger charge is 2.20. The average Bonchev–Trinajstić information content (AvgIpc) is 3.50. The average molecular weight is 572 g/mol. The van der Waals surface area contributed by atoms with Gasteiger partial charge in [0.25, 0.3) is 0 Å². The number of nitrogens with one attached hydrogen (secondary N) is 4. The third-order valence-electron chi connectivity index (χ3n) is 7.30. The van der Waals surface area contributed by atoms with E-state index in [1.807, 2.05) is 31.2 Å². The highest BCUT2D eigenvalue weighted by atomic mass is 32.2. The van der Waals surface area contributed by atoms with E-state index in [-0.39, 0.29) is 18.2 Å². The van der Waals surface area contributed by atoms with Crippen LogP contribution in [0.2, 0.25) is 0 Å². The van der Waals surface area contributed by atoms with Crippen LogP contribution in [0.25, 0.3) is 27.6 Å². The van der Waals surface area contributed by atoms with Crippen LogP contribution < -0.4 is 21.2 Å². The number of benzene rings is 1. The number of rotatable bonds is 13. The normalized spacial score (nSPS) is 14.9. The Kier molecular flexibility index (Phi) is 8.98. The van der Waals surface area contributed by atoms with Crippen LogP contribution in [0.15, 0.2) is 41.5 Å². The van der Waals surface area contributed by atoms with Crippen molar-refractivity contribution in [2.45, 2.75) is 45.2 Å². The summed E-state index contributed by atoms with van der Waals surface area (Å²) < 4.78 is 37.2. The molecule has 1 saturated heterocycles. The van der Waals surface area contributed by atoms with Crippen LogP contribution in [0.4, 0.5) is 0 Å². The molecule has 0 aliphatic carbocycles. The summed E-state index contributed by atoms with van der Waals surface area (Å²) in [7, 11) is -3.43. The molecule has 3 aromatic heterocycles. The van der Waals surface area contributed by atoms with E-state index >= 15 is 0 Å². The van der Waals surface area contributed by atoms with Gasteiger partial charge in [0.2, 0.25) is 10.0 Å². The second-order valence-electron chi connectivity index (χ2n) is 10.1. The van der Waals surface area contributed by atoms with Crippen LogP contribution >= 0.6 is 0 Å². The largest absolute Gasteiger partial charge is 0.380 e. The number of piperidine rings is 1. The van der Waals surface area contributed by atoms with Gasteiger partial charge in [0, 0.05) is 61.0 Å². The fourth-order valence-corrected chi connectivity index (χ4v) is 6.61. The number of fused-ring (bicyclic) bond motifs is 2. The summed E-state index contributed by atoms with van der Waals surface area (Å²) in [5.74, 6) is -0.0441. The molecule has 5 rings (SSSR count). The lowest BCUT2D eigenvalue weighted by atomic mass is 10.1. The molecule has 216 valence electrons. The standard InChI is InChI=1S/C27H37N7O5S/c1-2-39-13-12-33-17-19(5-11-29-36)24-4-3-23(16-25(24)33)34-18-20-15-22(30-26(20)31-27(34)35)8-14-40(37,38)32-21-6-9-28-10-7-21/h3-4,15-18,21,28-29,32,36H,2,5-14H2,1H3,(H,30,31,35). The van der Waals surface area contributed by atoms with Gasteiger partial charge in [0.1, 0.15) is 5.65 Å². The summed E-state index contributed by atoms with van der Waals surface area (Å²) in [6.45, 7) is 5.86. The smallest absolute Gasteiger partial charge is 0.354 e. The molecule has 12 nitrogen and oxygen atoms in total. The van der Waals surface area contributed by atoms with E-state index in [4.69, 9.17) is 9.94 Å². The maximum Gasteiger partial charge on any atom is 0.354 e. The summed E-state index contributed by atoms with van der Waals surface area (Å²) in [6, 6.07) is 7.64. The van der Waals surface area contributed by atoms with Gasteiger partial charge in [0.15, 0.2) is 0 Å². The van der Waals surface area contributed by atoms with Gasteiger partial charge in [-0.3, -0.25) is 4.57 Å². The molecular weight excluding hydrogens is 534 g/mol. The number of hydrogen-bond acceptors (Lipinski definition) is 8. The molecule has 0 amide bonds. The zero-order valence-corrected chi connectivity index (χ0v) is 23.5. The van der Waals surface area contributed by atoms with Crippen molar-refractivity contribution in [3.05, 3.63) is 58.4 Å². The van der Waals surface area contributed by atoms with Crippen molar-refractivity contribution in [1.29, 1.82) is 0 Å². The van der Waals surface area contributed by atoms with Gasteiger partial charge in [-0.05, 0) is 63.0 Å². The van der Waals surface area contributed by atoms with Gasteiger partial charge in [0.05, 0.1) is 23.6 Å². The van der Waals surface area contributed by atoms with Crippen molar-refractivity contribution in [3.8, 4) is 5.69 Å². The highest BCUT2D eigenvalue weighted by Crippen LogP contribution is 2.25. The quantitative estimate of drug-likeness (QED) is 0.119. The molecule has 0 spiro atoms. The molecule has 0 radical (unpaired) electrons. The minimum atomic E-state index is -3.43. The number of aryl methyl sites for hydroxylation is 1. The van der Waals surface area contributed by atoms with Gasteiger partial charge < -0.3 is 24.8 Å². The monoisotopic (exact) mass is 571 g/mol. The third kappa shape index (κ3) is 6.62. The maximum absolute atomic E-state index is 13.0. The lowest BCUT2D eigenvalue weighted by Gasteiger charge is -2.23. The van der Waals surface area contributed by atoms with E-state index in [0.29, 0.717) is 49.8 Å². The summed E-state index contributed by atoms with van der Waals surface area (Å²) in [5.41, 5.74) is 5.63. The molecule has 4 heterocycles. The van der Waals surface area contributed by atoms with E-state index in [1.165, 1.54) is 4.57 Å². The van der Waals surface area contributed by atoms with Gasteiger partial charge >= 0.3 is 5.69 Å². The molecule has 4 aromatic rings. The Morgan fingerprint density at radius 2 is 2.00 bits per heavy atom. The summed E-state index contributed by atoms with van der Waals surface area (Å²) >= 11 is 0. The van der Waals surface area contributed by atoms with Crippen LogP contribution in [0.5, 0.6) is 0 Å². The molecule has 1 aliphatic rings. The van der Waals surface area contributed by atoms with Crippen LogP contribution in [-0.4, -0.2) is 77.4 Å².